The molecule has 1 saturated carbocycles. The van der Waals surface area contributed by atoms with Gasteiger partial charge in [-0.05, 0) is 42.2 Å². The predicted molar refractivity (Wildman–Crippen MR) is 81.8 cm³/mol. The molecule has 1 aliphatic heterocycles. The standard InChI is InChI=1S/C17H24N2O2/c20-11-14-6-3-5-13(14)10-19-17(21)16-15-7-2-1-4-12(15)8-9-18-16/h1-2,4,7,13-14,16,18,20H,3,5-6,8-11H2,(H,19,21). The molecule has 0 bridgehead atoms. The molecular formula is C17H24N2O2. The smallest absolute Gasteiger partial charge is 0.241 e. The zero-order valence-corrected chi connectivity index (χ0v) is 12.3. The third kappa shape index (κ3) is 3.11. The number of aliphatic hydroxyl groups is 1. The summed E-state index contributed by atoms with van der Waals surface area (Å²) in [6.45, 7) is 1.77. The number of hydrogen-bond acceptors (Lipinski definition) is 3. The summed E-state index contributed by atoms with van der Waals surface area (Å²) in [5.74, 6) is 0.848. The van der Waals surface area contributed by atoms with Crippen molar-refractivity contribution in [1.29, 1.82) is 0 Å². The van der Waals surface area contributed by atoms with Crippen LogP contribution in [0.1, 0.15) is 36.4 Å². The van der Waals surface area contributed by atoms with Gasteiger partial charge < -0.3 is 15.7 Å². The molecule has 2 aliphatic rings. The van der Waals surface area contributed by atoms with Gasteiger partial charge in [-0.15, -0.1) is 0 Å². The second-order valence-electron chi connectivity index (χ2n) is 6.21. The average Bonchev–Trinajstić information content (AvgIpc) is 2.99. The number of nitrogens with one attached hydrogen (secondary N) is 2. The molecular weight excluding hydrogens is 264 g/mol. The topological polar surface area (TPSA) is 61.4 Å². The molecule has 114 valence electrons. The van der Waals surface area contributed by atoms with E-state index in [1.807, 2.05) is 18.2 Å². The minimum absolute atomic E-state index is 0.0609. The number of fused-ring (bicyclic) bond motifs is 1. The molecule has 0 aromatic heterocycles. The van der Waals surface area contributed by atoms with E-state index in [0.29, 0.717) is 18.4 Å². The van der Waals surface area contributed by atoms with Crippen LogP contribution in [-0.4, -0.2) is 30.7 Å². The molecule has 4 nitrogen and oxygen atoms in total. The van der Waals surface area contributed by atoms with Crippen LogP contribution in [0.2, 0.25) is 0 Å². The molecule has 1 fully saturated rings. The van der Waals surface area contributed by atoms with Gasteiger partial charge in [-0.25, -0.2) is 0 Å². The number of carbonyl (C=O) groups excluding carboxylic acids is 1. The number of benzene rings is 1. The van der Waals surface area contributed by atoms with Gasteiger partial charge in [0, 0.05) is 19.7 Å². The quantitative estimate of drug-likeness (QED) is 0.785. The van der Waals surface area contributed by atoms with Crippen LogP contribution in [0.5, 0.6) is 0 Å². The van der Waals surface area contributed by atoms with Crippen molar-refractivity contribution >= 4 is 5.91 Å². The fraction of sp³-hybridized carbons (Fsp3) is 0.588. The van der Waals surface area contributed by atoms with Gasteiger partial charge >= 0.3 is 0 Å². The molecule has 0 spiro atoms. The maximum atomic E-state index is 12.5. The van der Waals surface area contributed by atoms with Crippen molar-refractivity contribution < 1.29 is 9.90 Å². The number of carbonyl (C=O) groups is 1. The van der Waals surface area contributed by atoms with Crippen molar-refractivity contribution in [3.63, 3.8) is 0 Å². The minimum atomic E-state index is -0.232. The van der Waals surface area contributed by atoms with Gasteiger partial charge in [0.25, 0.3) is 0 Å². The Morgan fingerprint density at radius 2 is 2.10 bits per heavy atom. The molecule has 3 atom stereocenters. The third-order valence-electron chi connectivity index (χ3n) is 4.96. The summed E-state index contributed by atoms with van der Waals surface area (Å²) in [6.07, 6.45) is 4.34. The lowest BCUT2D eigenvalue weighted by Gasteiger charge is -2.27. The van der Waals surface area contributed by atoms with E-state index < -0.39 is 0 Å². The number of amides is 1. The largest absolute Gasteiger partial charge is 0.396 e. The molecule has 1 heterocycles. The van der Waals surface area contributed by atoms with Gasteiger partial charge in [-0.1, -0.05) is 30.7 Å². The van der Waals surface area contributed by atoms with Crippen LogP contribution in [0.4, 0.5) is 0 Å². The van der Waals surface area contributed by atoms with Crippen LogP contribution in [0.15, 0.2) is 24.3 Å². The molecule has 1 amide bonds. The van der Waals surface area contributed by atoms with Crippen molar-refractivity contribution in [3.8, 4) is 0 Å². The lowest BCUT2D eigenvalue weighted by molar-refractivity contribution is -0.123. The van der Waals surface area contributed by atoms with Gasteiger partial charge in [0.2, 0.25) is 5.91 Å². The number of rotatable bonds is 4. The molecule has 3 N–H and O–H groups in total. The third-order valence-corrected chi connectivity index (χ3v) is 4.96. The zero-order valence-electron chi connectivity index (χ0n) is 12.3. The highest BCUT2D eigenvalue weighted by molar-refractivity contribution is 5.83. The van der Waals surface area contributed by atoms with E-state index in [0.717, 1.165) is 37.8 Å². The first-order chi connectivity index (χ1) is 10.3. The molecule has 21 heavy (non-hydrogen) atoms. The van der Waals surface area contributed by atoms with Crippen LogP contribution in [0, 0.1) is 11.8 Å². The first-order valence-corrected chi connectivity index (χ1v) is 7.99. The van der Waals surface area contributed by atoms with E-state index >= 15 is 0 Å². The van der Waals surface area contributed by atoms with Crippen molar-refractivity contribution in [2.24, 2.45) is 11.8 Å². The van der Waals surface area contributed by atoms with E-state index in [2.05, 4.69) is 16.7 Å². The van der Waals surface area contributed by atoms with Crippen molar-refractivity contribution in [2.75, 3.05) is 19.7 Å². The molecule has 1 aliphatic carbocycles. The van der Waals surface area contributed by atoms with Gasteiger partial charge in [-0.2, -0.15) is 0 Å². The van der Waals surface area contributed by atoms with E-state index in [1.165, 1.54) is 5.56 Å². The Bertz CT molecular complexity index is 503. The highest BCUT2D eigenvalue weighted by atomic mass is 16.3. The minimum Gasteiger partial charge on any atom is -0.396 e. The first kappa shape index (κ1) is 14.5. The normalized spacial score (nSPS) is 28.1. The zero-order chi connectivity index (χ0) is 14.7. The monoisotopic (exact) mass is 288 g/mol. The molecule has 3 unspecified atom stereocenters. The second kappa shape index (κ2) is 6.58. The Balaban J connectivity index is 1.61. The molecule has 0 saturated heterocycles. The molecule has 1 aromatic rings. The number of hydrogen-bond donors (Lipinski definition) is 3. The summed E-state index contributed by atoms with van der Waals surface area (Å²) >= 11 is 0. The number of aliphatic hydroxyl groups excluding tert-OH is 1. The Labute approximate surface area is 125 Å². The molecule has 3 rings (SSSR count). The lowest BCUT2D eigenvalue weighted by atomic mass is 9.93. The van der Waals surface area contributed by atoms with Gasteiger partial charge in [-0.3, -0.25) is 4.79 Å². The Morgan fingerprint density at radius 3 is 2.95 bits per heavy atom. The van der Waals surface area contributed by atoms with Crippen LogP contribution in [0.25, 0.3) is 0 Å². The highest BCUT2D eigenvalue weighted by Crippen LogP contribution is 2.31. The van der Waals surface area contributed by atoms with Crippen LogP contribution < -0.4 is 10.6 Å². The second-order valence-corrected chi connectivity index (χ2v) is 6.21. The van der Waals surface area contributed by atoms with Crippen LogP contribution in [-0.2, 0) is 11.2 Å². The Hall–Kier alpha value is -1.39. The van der Waals surface area contributed by atoms with Crippen molar-refractivity contribution in [1.82, 2.24) is 10.6 Å². The summed E-state index contributed by atoms with van der Waals surface area (Å²) in [4.78, 5) is 12.5. The first-order valence-electron chi connectivity index (χ1n) is 7.99. The maximum Gasteiger partial charge on any atom is 0.241 e. The van der Waals surface area contributed by atoms with Gasteiger partial charge in [0.05, 0.1) is 0 Å². The van der Waals surface area contributed by atoms with E-state index in [1.54, 1.807) is 0 Å². The molecule has 4 heteroatoms. The molecule has 0 radical (unpaired) electrons. The van der Waals surface area contributed by atoms with Crippen LogP contribution in [0.3, 0.4) is 0 Å². The van der Waals surface area contributed by atoms with Gasteiger partial charge in [0.1, 0.15) is 6.04 Å². The highest BCUT2D eigenvalue weighted by Gasteiger charge is 2.29. The fourth-order valence-corrected chi connectivity index (χ4v) is 3.70. The lowest BCUT2D eigenvalue weighted by Crippen LogP contribution is -2.43. The summed E-state index contributed by atoms with van der Waals surface area (Å²) in [5, 5.41) is 15.8. The van der Waals surface area contributed by atoms with Crippen molar-refractivity contribution in [2.45, 2.75) is 31.7 Å². The summed E-state index contributed by atoms with van der Waals surface area (Å²) in [5.41, 5.74) is 2.37. The van der Waals surface area contributed by atoms with E-state index in [4.69, 9.17) is 0 Å². The van der Waals surface area contributed by atoms with E-state index in [-0.39, 0.29) is 18.6 Å². The summed E-state index contributed by atoms with van der Waals surface area (Å²) < 4.78 is 0. The molecule has 1 aromatic carbocycles. The summed E-state index contributed by atoms with van der Waals surface area (Å²) in [7, 11) is 0. The maximum absolute atomic E-state index is 12.5. The van der Waals surface area contributed by atoms with Gasteiger partial charge in [0.15, 0.2) is 0 Å². The Kier molecular flexibility index (Phi) is 4.56. The van der Waals surface area contributed by atoms with Crippen LogP contribution >= 0.6 is 0 Å². The fourth-order valence-electron chi connectivity index (χ4n) is 3.70. The Morgan fingerprint density at radius 1 is 1.29 bits per heavy atom. The predicted octanol–water partition coefficient (Wildman–Crippen LogP) is 1.40. The van der Waals surface area contributed by atoms with Crippen molar-refractivity contribution in [3.05, 3.63) is 35.4 Å². The summed E-state index contributed by atoms with van der Waals surface area (Å²) in [6, 6.07) is 7.94. The average molecular weight is 288 g/mol. The van der Waals surface area contributed by atoms with E-state index in [9.17, 15) is 9.90 Å². The SMILES string of the molecule is O=C(NCC1CCCC1CO)C1NCCc2ccccc21.